The van der Waals surface area contributed by atoms with Crippen LogP contribution in [0.2, 0.25) is 0 Å². The van der Waals surface area contributed by atoms with E-state index in [1.54, 1.807) is 13.8 Å². The molecule has 1 saturated heterocycles. The van der Waals surface area contributed by atoms with Crippen LogP contribution in [0.25, 0.3) is 0 Å². The lowest BCUT2D eigenvalue weighted by molar-refractivity contribution is -0.159. The average molecular weight is 350 g/mol. The molecule has 138 valence electrons. The second-order valence-corrected chi connectivity index (χ2v) is 7.65. The third-order valence-electron chi connectivity index (χ3n) is 6.06. The van der Waals surface area contributed by atoms with Crippen molar-refractivity contribution in [3.05, 3.63) is 24.3 Å². The summed E-state index contributed by atoms with van der Waals surface area (Å²) in [4.78, 5) is 24.4. The first kappa shape index (κ1) is 18.1. The van der Waals surface area contributed by atoms with Crippen LogP contribution >= 0.6 is 0 Å². The molecule has 3 aliphatic rings. The summed E-state index contributed by atoms with van der Waals surface area (Å²) in [5.41, 5.74) is 1.55. The summed E-state index contributed by atoms with van der Waals surface area (Å²) in [5, 5.41) is 19.4. The normalized spacial score (nSPS) is 41.6. The highest BCUT2D eigenvalue weighted by Crippen LogP contribution is 2.52. The Morgan fingerprint density at radius 3 is 2.76 bits per heavy atom. The molecule has 0 spiro atoms. The van der Waals surface area contributed by atoms with E-state index in [4.69, 9.17) is 9.47 Å². The van der Waals surface area contributed by atoms with Crippen LogP contribution in [0.5, 0.6) is 0 Å². The number of rotatable bonds is 3. The largest absolute Gasteiger partial charge is 0.461 e. The van der Waals surface area contributed by atoms with Crippen LogP contribution in [0, 0.1) is 29.6 Å². The number of fused-ring (bicyclic) bond motifs is 3. The number of aliphatic hydroxyl groups excluding tert-OH is 2. The van der Waals surface area contributed by atoms with Crippen molar-refractivity contribution >= 4 is 11.9 Å². The molecule has 2 aliphatic carbocycles. The predicted molar refractivity (Wildman–Crippen MR) is 89.2 cm³/mol. The number of hydrogen-bond donors (Lipinski definition) is 2. The zero-order valence-electron chi connectivity index (χ0n) is 14.7. The van der Waals surface area contributed by atoms with Gasteiger partial charge in [0.2, 0.25) is 0 Å². The Hall–Kier alpha value is -1.66. The van der Waals surface area contributed by atoms with E-state index in [2.05, 4.69) is 13.2 Å². The minimum atomic E-state index is -0.629. The van der Waals surface area contributed by atoms with Crippen molar-refractivity contribution in [3.8, 4) is 0 Å². The summed E-state index contributed by atoms with van der Waals surface area (Å²) in [6.45, 7) is 11.2. The quantitative estimate of drug-likeness (QED) is 0.587. The van der Waals surface area contributed by atoms with E-state index in [0.29, 0.717) is 18.4 Å². The lowest BCUT2D eigenvalue weighted by Gasteiger charge is -2.30. The van der Waals surface area contributed by atoms with Gasteiger partial charge in [-0.2, -0.15) is 0 Å². The smallest absolute Gasteiger partial charge is 0.311 e. The summed E-state index contributed by atoms with van der Waals surface area (Å²) in [6.07, 6.45) is -0.705. The van der Waals surface area contributed by atoms with Gasteiger partial charge in [0, 0.05) is 18.3 Å². The molecule has 8 unspecified atom stereocenters. The molecular formula is C19H26O6. The van der Waals surface area contributed by atoms with Crippen molar-refractivity contribution in [3.63, 3.8) is 0 Å². The Kier molecular flexibility index (Phi) is 4.77. The van der Waals surface area contributed by atoms with Crippen LogP contribution < -0.4 is 0 Å². The summed E-state index contributed by atoms with van der Waals surface area (Å²) in [7, 11) is 0. The summed E-state index contributed by atoms with van der Waals surface area (Å²) < 4.78 is 11.3. The highest BCUT2D eigenvalue weighted by Gasteiger charge is 2.57. The molecule has 25 heavy (non-hydrogen) atoms. The maximum Gasteiger partial charge on any atom is 0.311 e. The second-order valence-electron chi connectivity index (χ2n) is 7.65. The fourth-order valence-corrected chi connectivity index (χ4v) is 4.49. The minimum absolute atomic E-state index is 0.0351. The van der Waals surface area contributed by atoms with Crippen LogP contribution in [0.15, 0.2) is 24.3 Å². The first-order chi connectivity index (χ1) is 11.8. The Bertz CT molecular complexity index is 611. The summed E-state index contributed by atoms with van der Waals surface area (Å²) in [5.74, 6) is -2.38. The molecule has 8 atom stereocenters. The minimum Gasteiger partial charge on any atom is -0.461 e. The molecule has 3 rings (SSSR count). The summed E-state index contributed by atoms with van der Waals surface area (Å²) >= 11 is 0. The van der Waals surface area contributed by atoms with Crippen LogP contribution in [0.1, 0.15) is 26.7 Å². The maximum absolute atomic E-state index is 12.2. The fourth-order valence-electron chi connectivity index (χ4n) is 4.49. The van der Waals surface area contributed by atoms with E-state index in [1.165, 1.54) is 0 Å². The van der Waals surface area contributed by atoms with Gasteiger partial charge < -0.3 is 19.7 Å². The van der Waals surface area contributed by atoms with Crippen molar-refractivity contribution < 1.29 is 29.3 Å². The van der Waals surface area contributed by atoms with Crippen molar-refractivity contribution in [1.29, 1.82) is 0 Å². The van der Waals surface area contributed by atoms with Crippen LogP contribution in [-0.2, 0) is 19.1 Å². The highest BCUT2D eigenvalue weighted by atomic mass is 16.6. The molecule has 1 heterocycles. The van der Waals surface area contributed by atoms with Crippen molar-refractivity contribution in [1.82, 2.24) is 0 Å². The van der Waals surface area contributed by atoms with Gasteiger partial charge in [0.1, 0.15) is 12.2 Å². The predicted octanol–water partition coefficient (Wildman–Crippen LogP) is 1.22. The molecular weight excluding hydrogens is 324 g/mol. The molecule has 1 aliphatic heterocycles. The topological polar surface area (TPSA) is 93.1 Å². The van der Waals surface area contributed by atoms with Crippen molar-refractivity contribution in [2.45, 2.75) is 45.0 Å². The molecule has 6 heteroatoms. The first-order valence-electron chi connectivity index (χ1n) is 8.82. The van der Waals surface area contributed by atoms with E-state index in [9.17, 15) is 19.8 Å². The van der Waals surface area contributed by atoms with E-state index in [0.717, 1.165) is 5.57 Å². The lowest BCUT2D eigenvalue weighted by atomic mass is 9.79. The van der Waals surface area contributed by atoms with Gasteiger partial charge in [0.05, 0.1) is 24.5 Å². The molecule has 0 radical (unpaired) electrons. The molecule has 0 bridgehead atoms. The van der Waals surface area contributed by atoms with Crippen LogP contribution in [-0.4, -0.2) is 47.1 Å². The van der Waals surface area contributed by atoms with Crippen molar-refractivity contribution in [2.24, 2.45) is 29.6 Å². The zero-order chi connectivity index (χ0) is 18.5. The van der Waals surface area contributed by atoms with Gasteiger partial charge in [-0.1, -0.05) is 25.7 Å². The van der Waals surface area contributed by atoms with Crippen LogP contribution in [0.4, 0.5) is 0 Å². The van der Waals surface area contributed by atoms with Gasteiger partial charge in [-0.3, -0.25) is 9.59 Å². The number of carbonyl (C=O) groups excluding carboxylic acids is 2. The monoisotopic (exact) mass is 350 g/mol. The highest BCUT2D eigenvalue weighted by molar-refractivity contribution is 5.76. The SMILES string of the molecule is C=C1CC(OC(=O)C(C)CO)C2C(C)C(=O)OC2C2C(=C)C(O)CC12. The van der Waals surface area contributed by atoms with Crippen molar-refractivity contribution in [2.75, 3.05) is 6.61 Å². The number of ether oxygens (including phenoxy) is 2. The Balaban J connectivity index is 1.94. The average Bonchev–Trinajstić information content (AvgIpc) is 2.99. The number of carbonyl (C=O) groups is 2. The van der Waals surface area contributed by atoms with Gasteiger partial charge in [0.15, 0.2) is 0 Å². The lowest BCUT2D eigenvalue weighted by Crippen LogP contribution is -2.39. The van der Waals surface area contributed by atoms with E-state index in [-0.39, 0.29) is 30.3 Å². The summed E-state index contributed by atoms with van der Waals surface area (Å²) in [6, 6.07) is 0. The van der Waals surface area contributed by atoms with Gasteiger partial charge in [0.25, 0.3) is 0 Å². The van der Waals surface area contributed by atoms with E-state index in [1.807, 2.05) is 0 Å². The van der Waals surface area contributed by atoms with Gasteiger partial charge >= 0.3 is 11.9 Å². The first-order valence-corrected chi connectivity index (χ1v) is 8.82. The van der Waals surface area contributed by atoms with Gasteiger partial charge in [-0.05, 0) is 24.8 Å². The second kappa shape index (κ2) is 6.57. The Labute approximate surface area is 147 Å². The molecule has 0 aromatic carbocycles. The molecule has 2 N–H and O–H groups in total. The zero-order valence-corrected chi connectivity index (χ0v) is 14.7. The standard InChI is InChI=1S/C19H26O6/c1-8-5-14(24-18(22)9(2)7-20)16-11(4)19(23)25-17(16)15-10(3)13(21)6-12(8)15/h9,11-17,20-21H,1,3,5-7H2,2,4H3. The van der Waals surface area contributed by atoms with E-state index < -0.39 is 36.1 Å². The van der Waals surface area contributed by atoms with E-state index >= 15 is 0 Å². The van der Waals surface area contributed by atoms with Gasteiger partial charge in [-0.15, -0.1) is 0 Å². The molecule has 0 amide bonds. The van der Waals surface area contributed by atoms with Crippen LogP contribution in [0.3, 0.4) is 0 Å². The molecule has 2 saturated carbocycles. The number of aliphatic hydroxyl groups is 2. The molecule has 0 aromatic heterocycles. The fraction of sp³-hybridized carbons (Fsp3) is 0.684. The number of esters is 2. The third-order valence-corrected chi connectivity index (χ3v) is 6.06. The molecule has 6 nitrogen and oxygen atoms in total. The Morgan fingerprint density at radius 2 is 2.12 bits per heavy atom. The Morgan fingerprint density at radius 1 is 1.44 bits per heavy atom. The van der Waals surface area contributed by atoms with Gasteiger partial charge in [-0.25, -0.2) is 0 Å². The molecule has 3 fully saturated rings. The maximum atomic E-state index is 12.2. The molecule has 0 aromatic rings. The number of hydrogen-bond acceptors (Lipinski definition) is 6. The third kappa shape index (κ3) is 2.91.